The van der Waals surface area contributed by atoms with E-state index in [1.807, 2.05) is 11.6 Å². The van der Waals surface area contributed by atoms with Gasteiger partial charge in [-0.2, -0.15) is 4.98 Å². The molecule has 0 saturated carbocycles. The third kappa shape index (κ3) is 2.46. The van der Waals surface area contributed by atoms with E-state index in [0.717, 1.165) is 18.7 Å². The lowest BCUT2D eigenvalue weighted by atomic mass is 10.0. The molecule has 7 heteroatoms. The van der Waals surface area contributed by atoms with E-state index < -0.39 is 0 Å². The van der Waals surface area contributed by atoms with Crippen LogP contribution in [0.5, 0.6) is 0 Å². The SMILES string of the molecule is CCCNC1COCC1c1nc(-c2cncn2C)no1. The molecular weight excluding hydrogens is 258 g/mol. The molecule has 3 rings (SSSR count). The summed E-state index contributed by atoms with van der Waals surface area (Å²) in [4.78, 5) is 8.56. The van der Waals surface area contributed by atoms with E-state index in [-0.39, 0.29) is 12.0 Å². The van der Waals surface area contributed by atoms with Crippen molar-refractivity contribution in [3.8, 4) is 11.5 Å². The van der Waals surface area contributed by atoms with Crippen molar-refractivity contribution < 1.29 is 9.26 Å². The molecule has 2 aromatic heterocycles. The maximum atomic E-state index is 5.54. The Bertz CT molecular complexity index is 565. The molecule has 7 nitrogen and oxygen atoms in total. The van der Waals surface area contributed by atoms with Crippen LogP contribution in [0.4, 0.5) is 0 Å². The highest BCUT2D eigenvalue weighted by molar-refractivity contribution is 5.47. The molecule has 0 spiro atoms. The van der Waals surface area contributed by atoms with Gasteiger partial charge in [-0.15, -0.1) is 0 Å². The van der Waals surface area contributed by atoms with E-state index in [1.165, 1.54) is 0 Å². The van der Waals surface area contributed by atoms with E-state index in [9.17, 15) is 0 Å². The fourth-order valence-electron chi connectivity index (χ4n) is 2.39. The van der Waals surface area contributed by atoms with Gasteiger partial charge < -0.3 is 19.1 Å². The largest absolute Gasteiger partial charge is 0.379 e. The quantitative estimate of drug-likeness (QED) is 0.876. The first-order valence-electron chi connectivity index (χ1n) is 6.91. The van der Waals surface area contributed by atoms with E-state index >= 15 is 0 Å². The zero-order chi connectivity index (χ0) is 13.9. The average Bonchev–Trinajstić information content (AvgIpc) is 3.15. The summed E-state index contributed by atoms with van der Waals surface area (Å²) >= 11 is 0. The van der Waals surface area contributed by atoms with Crippen LogP contribution in [0.1, 0.15) is 25.2 Å². The molecule has 2 aromatic rings. The van der Waals surface area contributed by atoms with E-state index in [1.54, 1.807) is 12.5 Å². The molecule has 1 saturated heterocycles. The summed E-state index contributed by atoms with van der Waals surface area (Å²) in [5.74, 6) is 1.32. The summed E-state index contributed by atoms with van der Waals surface area (Å²) in [7, 11) is 1.91. The molecule has 2 unspecified atom stereocenters. The highest BCUT2D eigenvalue weighted by Gasteiger charge is 2.33. The number of ether oxygens (including phenoxy) is 1. The molecule has 20 heavy (non-hydrogen) atoms. The number of nitrogens with zero attached hydrogens (tertiary/aromatic N) is 4. The summed E-state index contributed by atoms with van der Waals surface area (Å²) < 4.78 is 12.8. The third-order valence-electron chi connectivity index (χ3n) is 3.54. The predicted octanol–water partition coefficient (Wildman–Crippen LogP) is 0.952. The van der Waals surface area contributed by atoms with Crippen LogP contribution >= 0.6 is 0 Å². The standard InChI is InChI=1S/C13H19N5O2/c1-3-4-15-10-7-19-6-9(10)13-16-12(17-20-13)11-5-14-8-18(11)2/h5,8-10,15H,3-4,6-7H2,1-2H3. The molecule has 108 valence electrons. The minimum absolute atomic E-state index is 0.121. The van der Waals surface area contributed by atoms with E-state index in [2.05, 4.69) is 27.4 Å². The lowest BCUT2D eigenvalue weighted by Gasteiger charge is -2.14. The number of aryl methyl sites for hydroxylation is 1. The average molecular weight is 277 g/mol. The smallest absolute Gasteiger partial charge is 0.234 e. The van der Waals surface area contributed by atoms with Crippen LogP contribution in [0, 0.1) is 0 Å². The van der Waals surface area contributed by atoms with Crippen molar-refractivity contribution in [3.63, 3.8) is 0 Å². The number of imidazole rings is 1. The van der Waals surface area contributed by atoms with Crippen molar-refractivity contribution in [2.45, 2.75) is 25.3 Å². The molecule has 0 amide bonds. The molecule has 0 aliphatic carbocycles. The van der Waals surface area contributed by atoms with Gasteiger partial charge in [0.05, 0.1) is 31.7 Å². The van der Waals surface area contributed by atoms with Gasteiger partial charge in [0.25, 0.3) is 0 Å². The molecule has 1 N–H and O–H groups in total. The molecule has 1 fully saturated rings. The Morgan fingerprint density at radius 3 is 3.10 bits per heavy atom. The Morgan fingerprint density at radius 2 is 2.35 bits per heavy atom. The first-order chi connectivity index (χ1) is 9.79. The van der Waals surface area contributed by atoms with Crippen LogP contribution in [0.2, 0.25) is 0 Å². The molecular formula is C13H19N5O2. The van der Waals surface area contributed by atoms with Crippen molar-refractivity contribution in [2.75, 3.05) is 19.8 Å². The van der Waals surface area contributed by atoms with Gasteiger partial charge in [0.1, 0.15) is 5.69 Å². The number of hydrogen-bond donors (Lipinski definition) is 1. The Kier molecular flexibility index (Phi) is 3.79. The Labute approximate surface area is 117 Å². The minimum atomic E-state index is 0.121. The topological polar surface area (TPSA) is 78.0 Å². The highest BCUT2D eigenvalue weighted by Crippen LogP contribution is 2.26. The van der Waals surface area contributed by atoms with Crippen LogP contribution in [-0.2, 0) is 11.8 Å². The van der Waals surface area contributed by atoms with Crippen LogP contribution in [0.25, 0.3) is 11.5 Å². The van der Waals surface area contributed by atoms with E-state index in [0.29, 0.717) is 24.9 Å². The van der Waals surface area contributed by atoms with Crippen LogP contribution in [-0.4, -0.2) is 45.5 Å². The molecule has 2 atom stereocenters. The maximum Gasteiger partial charge on any atom is 0.234 e. The van der Waals surface area contributed by atoms with Gasteiger partial charge in [0.2, 0.25) is 11.7 Å². The Balaban J connectivity index is 1.78. The van der Waals surface area contributed by atoms with Crippen LogP contribution < -0.4 is 5.32 Å². The summed E-state index contributed by atoms with van der Waals surface area (Å²) in [6.07, 6.45) is 4.54. The van der Waals surface area contributed by atoms with Crippen LogP contribution in [0.15, 0.2) is 17.0 Å². The Morgan fingerprint density at radius 1 is 1.45 bits per heavy atom. The van der Waals surface area contributed by atoms with E-state index in [4.69, 9.17) is 9.26 Å². The first-order valence-corrected chi connectivity index (χ1v) is 6.91. The summed E-state index contributed by atoms with van der Waals surface area (Å²) in [6.45, 7) is 4.42. The van der Waals surface area contributed by atoms with Gasteiger partial charge in [-0.25, -0.2) is 4.98 Å². The van der Waals surface area contributed by atoms with Gasteiger partial charge in [-0.3, -0.25) is 0 Å². The number of hydrogen-bond acceptors (Lipinski definition) is 6. The van der Waals surface area contributed by atoms with Gasteiger partial charge in [0.15, 0.2) is 0 Å². The molecule has 1 aliphatic heterocycles. The molecule has 0 aromatic carbocycles. The predicted molar refractivity (Wildman–Crippen MR) is 72.1 cm³/mol. The Hall–Kier alpha value is -1.73. The third-order valence-corrected chi connectivity index (χ3v) is 3.54. The normalized spacial score (nSPS) is 22.5. The summed E-state index contributed by atoms with van der Waals surface area (Å²) in [5, 5.41) is 7.51. The zero-order valence-corrected chi connectivity index (χ0v) is 11.7. The van der Waals surface area contributed by atoms with Crippen molar-refractivity contribution in [3.05, 3.63) is 18.4 Å². The fourth-order valence-corrected chi connectivity index (χ4v) is 2.39. The lowest BCUT2D eigenvalue weighted by Crippen LogP contribution is -2.34. The van der Waals surface area contributed by atoms with Gasteiger partial charge >= 0.3 is 0 Å². The second kappa shape index (κ2) is 5.72. The fraction of sp³-hybridized carbons (Fsp3) is 0.615. The maximum absolute atomic E-state index is 5.54. The summed E-state index contributed by atoms with van der Waals surface area (Å²) in [5.41, 5.74) is 0.844. The number of nitrogens with one attached hydrogen (secondary N) is 1. The second-order valence-corrected chi connectivity index (χ2v) is 5.05. The molecule has 3 heterocycles. The number of aromatic nitrogens is 4. The van der Waals surface area contributed by atoms with Crippen molar-refractivity contribution in [2.24, 2.45) is 7.05 Å². The zero-order valence-electron chi connectivity index (χ0n) is 11.7. The number of rotatable bonds is 5. The lowest BCUT2D eigenvalue weighted by molar-refractivity contribution is 0.184. The van der Waals surface area contributed by atoms with Gasteiger partial charge in [-0.1, -0.05) is 12.1 Å². The van der Waals surface area contributed by atoms with Crippen molar-refractivity contribution in [1.82, 2.24) is 25.0 Å². The van der Waals surface area contributed by atoms with Gasteiger partial charge in [0, 0.05) is 13.1 Å². The highest BCUT2D eigenvalue weighted by atomic mass is 16.5. The molecule has 1 aliphatic rings. The van der Waals surface area contributed by atoms with Crippen LogP contribution in [0.3, 0.4) is 0 Å². The summed E-state index contributed by atoms with van der Waals surface area (Å²) in [6, 6.07) is 0.245. The van der Waals surface area contributed by atoms with Crippen molar-refractivity contribution in [1.29, 1.82) is 0 Å². The first kappa shape index (κ1) is 13.3. The molecule has 0 bridgehead atoms. The van der Waals surface area contributed by atoms with Crippen molar-refractivity contribution >= 4 is 0 Å². The monoisotopic (exact) mass is 277 g/mol. The van der Waals surface area contributed by atoms with Gasteiger partial charge in [-0.05, 0) is 13.0 Å². The molecule has 0 radical (unpaired) electrons. The second-order valence-electron chi connectivity index (χ2n) is 5.05. The minimum Gasteiger partial charge on any atom is -0.379 e.